The molecule has 2 amide bonds. The van der Waals surface area contributed by atoms with Crippen LogP contribution in [0.5, 0.6) is 0 Å². The lowest BCUT2D eigenvalue weighted by Crippen LogP contribution is -2.42. The number of hydrogen-bond donors (Lipinski definition) is 3. The highest BCUT2D eigenvalue weighted by atomic mass is 16.6. The number of alkyl carbamates (subject to hydrolysis) is 1. The van der Waals surface area contributed by atoms with Gasteiger partial charge in [0, 0.05) is 6.54 Å². The van der Waals surface area contributed by atoms with Gasteiger partial charge < -0.3 is 20.5 Å². The van der Waals surface area contributed by atoms with Crippen molar-refractivity contribution in [3.05, 3.63) is 71.3 Å². The molecule has 0 radical (unpaired) electrons. The van der Waals surface area contributed by atoms with Crippen molar-refractivity contribution in [2.24, 2.45) is 0 Å². The van der Waals surface area contributed by atoms with Crippen molar-refractivity contribution >= 4 is 18.0 Å². The van der Waals surface area contributed by atoms with Gasteiger partial charge in [0.25, 0.3) is 0 Å². The van der Waals surface area contributed by atoms with Crippen molar-refractivity contribution in [1.82, 2.24) is 10.6 Å². The first-order valence-corrected chi connectivity index (χ1v) is 8.80. The highest BCUT2D eigenvalue weighted by Gasteiger charge is 2.26. The summed E-state index contributed by atoms with van der Waals surface area (Å²) in [6.07, 6.45) is -0.741. The van der Waals surface area contributed by atoms with Gasteiger partial charge in [0.2, 0.25) is 5.91 Å². The highest BCUT2D eigenvalue weighted by molar-refractivity contribution is 5.89. The molecule has 0 aliphatic rings. The van der Waals surface area contributed by atoms with E-state index in [1.807, 2.05) is 30.3 Å². The zero-order valence-corrected chi connectivity index (χ0v) is 16.1. The Labute approximate surface area is 163 Å². The third kappa shape index (κ3) is 6.42. The van der Waals surface area contributed by atoms with E-state index in [1.54, 1.807) is 20.8 Å². The van der Waals surface area contributed by atoms with Gasteiger partial charge in [-0.15, -0.1) is 0 Å². The molecule has 0 fully saturated rings. The number of ether oxygens (including phenoxy) is 1. The van der Waals surface area contributed by atoms with Gasteiger partial charge >= 0.3 is 12.1 Å². The molecule has 28 heavy (non-hydrogen) atoms. The van der Waals surface area contributed by atoms with Crippen molar-refractivity contribution in [3.8, 4) is 0 Å². The number of amides is 2. The van der Waals surface area contributed by atoms with Crippen LogP contribution < -0.4 is 10.6 Å². The summed E-state index contributed by atoms with van der Waals surface area (Å²) in [5, 5.41) is 14.4. The summed E-state index contributed by atoms with van der Waals surface area (Å²) < 4.78 is 5.24. The Bertz CT molecular complexity index is 826. The normalized spacial score (nSPS) is 12.0. The second-order valence-electron chi connectivity index (χ2n) is 7.21. The molecule has 1 atom stereocenters. The molecule has 0 saturated heterocycles. The largest absolute Gasteiger partial charge is 0.478 e. The molecule has 7 heteroatoms. The van der Waals surface area contributed by atoms with Crippen LogP contribution in [0.15, 0.2) is 54.6 Å². The molecule has 3 N–H and O–H groups in total. The van der Waals surface area contributed by atoms with E-state index in [2.05, 4.69) is 10.6 Å². The number of carbonyl (C=O) groups is 3. The standard InChI is InChI=1S/C21H24N2O5/c1-21(2,3)28-20(27)23-17(15-9-11-16(12-10-15)19(25)26)18(24)22-13-14-7-5-4-6-8-14/h4-12,17H,13H2,1-3H3,(H,22,24)(H,23,27)(H,25,26)/t17-/m1/s1. The Morgan fingerprint density at radius 2 is 1.61 bits per heavy atom. The summed E-state index contributed by atoms with van der Waals surface area (Å²) >= 11 is 0. The maximum absolute atomic E-state index is 12.7. The van der Waals surface area contributed by atoms with Gasteiger partial charge in [-0.2, -0.15) is 0 Å². The zero-order chi connectivity index (χ0) is 20.7. The number of aromatic carboxylic acids is 1. The van der Waals surface area contributed by atoms with E-state index in [9.17, 15) is 14.4 Å². The molecule has 0 heterocycles. The maximum atomic E-state index is 12.7. The van der Waals surface area contributed by atoms with Crippen molar-refractivity contribution in [2.45, 2.75) is 39.0 Å². The second kappa shape index (κ2) is 9.03. The van der Waals surface area contributed by atoms with Crippen molar-refractivity contribution < 1.29 is 24.2 Å². The Hall–Kier alpha value is -3.35. The molecular weight excluding hydrogens is 360 g/mol. The van der Waals surface area contributed by atoms with E-state index in [0.29, 0.717) is 12.1 Å². The van der Waals surface area contributed by atoms with Gasteiger partial charge in [-0.05, 0) is 44.0 Å². The van der Waals surface area contributed by atoms with Gasteiger partial charge in [-0.3, -0.25) is 4.79 Å². The first-order chi connectivity index (χ1) is 13.2. The van der Waals surface area contributed by atoms with Crippen LogP contribution in [-0.2, 0) is 16.1 Å². The summed E-state index contributed by atoms with van der Waals surface area (Å²) in [4.78, 5) is 36.0. The fraction of sp³-hybridized carbons (Fsp3) is 0.286. The minimum Gasteiger partial charge on any atom is -0.478 e. The minimum absolute atomic E-state index is 0.0875. The molecule has 0 spiro atoms. The smallest absolute Gasteiger partial charge is 0.408 e. The van der Waals surface area contributed by atoms with E-state index in [1.165, 1.54) is 24.3 Å². The van der Waals surface area contributed by atoms with Crippen LogP contribution in [0.4, 0.5) is 4.79 Å². The molecule has 2 aromatic carbocycles. The van der Waals surface area contributed by atoms with E-state index in [4.69, 9.17) is 9.84 Å². The van der Waals surface area contributed by atoms with Crippen LogP contribution in [0, 0.1) is 0 Å². The minimum atomic E-state index is -1.07. The average Bonchev–Trinajstić information content (AvgIpc) is 2.63. The number of carbonyl (C=O) groups excluding carboxylic acids is 2. The van der Waals surface area contributed by atoms with Gasteiger partial charge in [-0.25, -0.2) is 9.59 Å². The fourth-order valence-electron chi connectivity index (χ4n) is 2.43. The van der Waals surface area contributed by atoms with E-state index >= 15 is 0 Å². The molecule has 0 aromatic heterocycles. The molecule has 0 saturated carbocycles. The first-order valence-electron chi connectivity index (χ1n) is 8.80. The molecule has 0 aliphatic carbocycles. The predicted octanol–water partition coefficient (Wildman–Crippen LogP) is 3.27. The van der Waals surface area contributed by atoms with Crippen LogP contribution in [-0.4, -0.2) is 28.7 Å². The van der Waals surface area contributed by atoms with Gasteiger partial charge in [-0.1, -0.05) is 42.5 Å². The lowest BCUT2D eigenvalue weighted by molar-refractivity contribution is -0.123. The summed E-state index contributed by atoms with van der Waals surface area (Å²) in [6, 6.07) is 14.1. The second-order valence-corrected chi connectivity index (χ2v) is 7.21. The molecule has 0 aliphatic heterocycles. The number of nitrogens with one attached hydrogen (secondary N) is 2. The molecule has 0 unspecified atom stereocenters. The SMILES string of the molecule is CC(C)(C)OC(=O)N[C@@H](C(=O)NCc1ccccc1)c1ccc(C(=O)O)cc1. The van der Waals surface area contributed by atoms with Gasteiger partial charge in [0.15, 0.2) is 0 Å². The van der Waals surface area contributed by atoms with Crippen LogP contribution in [0.2, 0.25) is 0 Å². The Morgan fingerprint density at radius 1 is 1.00 bits per heavy atom. The van der Waals surface area contributed by atoms with E-state index < -0.39 is 29.6 Å². The van der Waals surface area contributed by atoms with E-state index in [0.717, 1.165) is 5.56 Å². The molecule has 148 valence electrons. The fourth-order valence-corrected chi connectivity index (χ4v) is 2.43. The van der Waals surface area contributed by atoms with Crippen molar-refractivity contribution in [1.29, 1.82) is 0 Å². The zero-order valence-electron chi connectivity index (χ0n) is 16.1. The third-order valence-corrected chi connectivity index (χ3v) is 3.72. The summed E-state index contributed by atoms with van der Waals surface area (Å²) in [7, 11) is 0. The topological polar surface area (TPSA) is 105 Å². The molecule has 2 aromatic rings. The monoisotopic (exact) mass is 384 g/mol. The number of benzene rings is 2. The molecular formula is C21H24N2O5. The van der Waals surface area contributed by atoms with Crippen LogP contribution in [0.1, 0.15) is 48.3 Å². The predicted molar refractivity (Wildman–Crippen MR) is 104 cm³/mol. The van der Waals surface area contributed by atoms with Crippen LogP contribution >= 0.6 is 0 Å². The van der Waals surface area contributed by atoms with Gasteiger partial charge in [0.1, 0.15) is 11.6 Å². The van der Waals surface area contributed by atoms with Gasteiger partial charge in [0.05, 0.1) is 5.56 Å². The number of carboxylic acid groups (broad SMARTS) is 1. The van der Waals surface area contributed by atoms with Crippen LogP contribution in [0.25, 0.3) is 0 Å². The Kier molecular flexibility index (Phi) is 6.76. The maximum Gasteiger partial charge on any atom is 0.408 e. The first kappa shape index (κ1) is 21.0. The Morgan fingerprint density at radius 3 is 2.14 bits per heavy atom. The molecule has 2 rings (SSSR count). The number of carboxylic acids is 1. The highest BCUT2D eigenvalue weighted by Crippen LogP contribution is 2.17. The Balaban J connectivity index is 2.18. The van der Waals surface area contributed by atoms with Crippen LogP contribution in [0.3, 0.4) is 0 Å². The summed E-state index contributed by atoms with van der Waals surface area (Å²) in [5.41, 5.74) is 0.724. The van der Waals surface area contributed by atoms with E-state index in [-0.39, 0.29) is 5.56 Å². The summed E-state index contributed by atoms with van der Waals surface area (Å²) in [5.74, 6) is -1.51. The molecule has 0 bridgehead atoms. The van der Waals surface area contributed by atoms with Crippen molar-refractivity contribution in [2.75, 3.05) is 0 Å². The quantitative estimate of drug-likeness (QED) is 0.709. The third-order valence-electron chi connectivity index (χ3n) is 3.72. The molecule has 7 nitrogen and oxygen atoms in total. The average molecular weight is 384 g/mol. The lowest BCUT2D eigenvalue weighted by Gasteiger charge is -2.23. The van der Waals surface area contributed by atoms with Crippen molar-refractivity contribution in [3.63, 3.8) is 0 Å². The lowest BCUT2D eigenvalue weighted by atomic mass is 10.0. The number of hydrogen-bond acceptors (Lipinski definition) is 4. The summed E-state index contributed by atoms with van der Waals surface area (Å²) in [6.45, 7) is 5.45. The number of rotatable bonds is 6.